The number of methoxy groups -OCH3 is 1. The monoisotopic (exact) mass is 216 g/mol. The lowest BCUT2D eigenvalue weighted by atomic mass is 10.4. The molecule has 0 aromatic carbocycles. The normalized spacial score (nSPS) is 12.2. The molecule has 0 aliphatic carbocycles. The Morgan fingerprint density at radius 2 is 2.33 bits per heavy atom. The Hall–Kier alpha value is -1.67. The van der Waals surface area contributed by atoms with Gasteiger partial charge in [0.05, 0.1) is 0 Å². The minimum atomic E-state index is -0.800. The van der Waals surface area contributed by atoms with Crippen LogP contribution in [0.4, 0.5) is 21.7 Å². The molecule has 0 unspecified atom stereocenters. The van der Waals surface area contributed by atoms with Crippen molar-refractivity contribution in [3.8, 4) is 0 Å². The van der Waals surface area contributed by atoms with Gasteiger partial charge in [-0.05, 0) is 0 Å². The summed E-state index contributed by atoms with van der Waals surface area (Å²) >= 11 is 0. The number of hydrogen-bond donors (Lipinski definition) is 4. The molecule has 7 nitrogen and oxygen atoms in total. The van der Waals surface area contributed by atoms with E-state index in [1.54, 1.807) is 0 Å². The number of nitrogens with two attached hydrogens (primary N) is 2. The van der Waals surface area contributed by atoms with Gasteiger partial charge in [-0.3, -0.25) is 5.84 Å². The molecule has 1 heterocycles. The minimum absolute atomic E-state index is 0.170. The smallest absolute Gasteiger partial charge is 0.158 e. The van der Waals surface area contributed by atoms with Crippen LogP contribution in [0.25, 0.3) is 0 Å². The van der Waals surface area contributed by atoms with E-state index < -0.39 is 12.9 Å². The summed E-state index contributed by atoms with van der Waals surface area (Å²) < 4.78 is 17.2. The number of nitrogens with one attached hydrogen (secondary N) is 2. The van der Waals surface area contributed by atoms with E-state index in [0.29, 0.717) is 5.69 Å². The van der Waals surface area contributed by atoms with Gasteiger partial charge >= 0.3 is 0 Å². The molecule has 0 bridgehead atoms. The van der Waals surface area contributed by atoms with Gasteiger partial charge in [-0.15, -0.1) is 0 Å². The third-order valence-electron chi connectivity index (χ3n) is 1.74. The summed E-state index contributed by atoms with van der Waals surface area (Å²) in [5.74, 6) is 5.68. The van der Waals surface area contributed by atoms with Crippen molar-refractivity contribution in [3.05, 3.63) is 6.33 Å². The molecule has 0 fully saturated rings. The molecule has 84 valence electrons. The molecule has 1 aromatic rings. The number of nitrogens with zero attached hydrogens (tertiary/aromatic N) is 2. The number of ether oxygens (including phenoxy) is 1. The number of alkyl halides is 1. The van der Waals surface area contributed by atoms with Gasteiger partial charge in [-0.25, -0.2) is 14.4 Å². The lowest BCUT2D eigenvalue weighted by Gasteiger charge is -2.16. The fraction of sp³-hybridized carbons (Fsp3) is 0.429. The van der Waals surface area contributed by atoms with Gasteiger partial charge in [0.25, 0.3) is 0 Å². The Bertz CT molecular complexity index is 318. The quantitative estimate of drug-likeness (QED) is 0.303. The molecule has 8 heteroatoms. The first-order valence-electron chi connectivity index (χ1n) is 4.15. The van der Waals surface area contributed by atoms with Crippen LogP contribution in [-0.4, -0.2) is 30.0 Å². The second-order valence-electron chi connectivity index (χ2n) is 2.65. The zero-order valence-electron chi connectivity index (χ0n) is 8.20. The van der Waals surface area contributed by atoms with E-state index in [1.807, 2.05) is 0 Å². The van der Waals surface area contributed by atoms with Crippen molar-refractivity contribution in [1.82, 2.24) is 9.97 Å². The Morgan fingerprint density at radius 3 is 2.87 bits per heavy atom. The maximum atomic E-state index is 12.4. The second-order valence-corrected chi connectivity index (χ2v) is 2.65. The van der Waals surface area contributed by atoms with E-state index in [0.717, 1.165) is 0 Å². The van der Waals surface area contributed by atoms with E-state index in [-0.39, 0.29) is 11.6 Å². The second kappa shape index (κ2) is 5.27. The molecule has 0 radical (unpaired) electrons. The minimum Gasteiger partial charge on any atom is -0.382 e. The van der Waals surface area contributed by atoms with Crippen LogP contribution in [0.15, 0.2) is 6.33 Å². The maximum absolute atomic E-state index is 12.4. The Labute approximate surface area is 86.0 Å². The Morgan fingerprint density at radius 1 is 1.60 bits per heavy atom. The summed E-state index contributed by atoms with van der Waals surface area (Å²) in [5.41, 5.74) is 8.15. The molecule has 1 rings (SSSR count). The van der Waals surface area contributed by atoms with Crippen LogP contribution >= 0.6 is 0 Å². The average Bonchev–Trinajstić information content (AvgIpc) is 2.26. The predicted octanol–water partition coefficient (Wildman–Crippen LogP) is -0.302. The highest BCUT2D eigenvalue weighted by atomic mass is 19.1. The zero-order chi connectivity index (χ0) is 11.3. The van der Waals surface area contributed by atoms with Crippen LogP contribution in [-0.2, 0) is 4.74 Å². The highest BCUT2D eigenvalue weighted by molar-refractivity contribution is 5.74. The molecule has 1 atom stereocenters. The summed E-state index contributed by atoms with van der Waals surface area (Å²) in [6, 6.07) is 0. The fourth-order valence-electron chi connectivity index (χ4n) is 0.964. The first-order valence-corrected chi connectivity index (χ1v) is 4.15. The molecule has 15 heavy (non-hydrogen) atoms. The van der Waals surface area contributed by atoms with E-state index in [9.17, 15) is 4.39 Å². The topological polar surface area (TPSA) is 111 Å². The molecular weight excluding hydrogens is 203 g/mol. The SMILES string of the molecule is CO[C@H](CF)Nc1ncnc(N)c1NN. The largest absolute Gasteiger partial charge is 0.382 e. The lowest BCUT2D eigenvalue weighted by molar-refractivity contribution is 0.101. The van der Waals surface area contributed by atoms with E-state index >= 15 is 0 Å². The molecule has 0 aliphatic rings. The first-order chi connectivity index (χ1) is 7.22. The van der Waals surface area contributed by atoms with Crippen molar-refractivity contribution in [1.29, 1.82) is 0 Å². The Balaban J connectivity index is 2.88. The first kappa shape index (κ1) is 11.4. The highest BCUT2D eigenvalue weighted by Gasteiger charge is 2.12. The van der Waals surface area contributed by atoms with Crippen LogP contribution in [0.5, 0.6) is 0 Å². The van der Waals surface area contributed by atoms with Gasteiger partial charge in [0.15, 0.2) is 17.9 Å². The molecule has 0 amide bonds. The summed E-state index contributed by atoms with van der Waals surface area (Å²) in [5, 5.41) is 2.67. The predicted molar refractivity (Wildman–Crippen MR) is 54.6 cm³/mol. The maximum Gasteiger partial charge on any atom is 0.158 e. The van der Waals surface area contributed by atoms with Crippen LogP contribution in [0, 0.1) is 0 Å². The molecule has 0 spiro atoms. The molecule has 0 saturated carbocycles. The van der Waals surface area contributed by atoms with Gasteiger partial charge in [0.2, 0.25) is 0 Å². The third kappa shape index (κ3) is 2.64. The van der Waals surface area contributed by atoms with Crippen molar-refractivity contribution in [2.75, 3.05) is 30.3 Å². The van der Waals surface area contributed by atoms with Gasteiger partial charge in [-0.1, -0.05) is 0 Å². The van der Waals surface area contributed by atoms with Crippen molar-refractivity contribution in [2.24, 2.45) is 5.84 Å². The summed E-state index contributed by atoms with van der Waals surface area (Å²) in [7, 11) is 1.37. The van der Waals surface area contributed by atoms with Crippen molar-refractivity contribution < 1.29 is 9.13 Å². The number of halogens is 1. The Kier molecular flexibility index (Phi) is 4.01. The third-order valence-corrected chi connectivity index (χ3v) is 1.74. The lowest BCUT2D eigenvalue weighted by Crippen LogP contribution is -2.26. The molecule has 1 aromatic heterocycles. The van der Waals surface area contributed by atoms with Gasteiger partial charge < -0.3 is 21.2 Å². The standard InChI is InChI=1S/C7H13FN6O/c1-15-4(2-8)13-7-5(14-10)6(9)11-3-12-7/h3-4,14H,2,10H2,1H3,(H3,9,11,12,13)/t4-/m1/s1. The van der Waals surface area contributed by atoms with Gasteiger partial charge in [0.1, 0.15) is 18.7 Å². The molecular formula is C7H13FN6O. The summed E-state index contributed by atoms with van der Waals surface area (Å²) in [6.45, 7) is -0.704. The van der Waals surface area contributed by atoms with Crippen molar-refractivity contribution >= 4 is 17.3 Å². The molecule has 0 aliphatic heterocycles. The number of nitrogen functional groups attached to an aromatic ring is 2. The van der Waals surface area contributed by atoms with Crippen molar-refractivity contribution in [3.63, 3.8) is 0 Å². The highest BCUT2D eigenvalue weighted by Crippen LogP contribution is 2.22. The van der Waals surface area contributed by atoms with E-state index in [1.165, 1.54) is 13.4 Å². The van der Waals surface area contributed by atoms with Gasteiger partial charge in [-0.2, -0.15) is 0 Å². The number of aromatic nitrogens is 2. The van der Waals surface area contributed by atoms with Crippen molar-refractivity contribution in [2.45, 2.75) is 6.23 Å². The number of anilines is 3. The number of rotatable bonds is 5. The van der Waals surface area contributed by atoms with E-state index in [4.69, 9.17) is 16.3 Å². The van der Waals surface area contributed by atoms with Crippen LogP contribution in [0.1, 0.15) is 0 Å². The zero-order valence-corrected chi connectivity index (χ0v) is 8.20. The van der Waals surface area contributed by atoms with Crippen LogP contribution < -0.4 is 22.3 Å². The fourth-order valence-corrected chi connectivity index (χ4v) is 0.964. The molecule has 0 saturated heterocycles. The van der Waals surface area contributed by atoms with Crippen LogP contribution in [0.3, 0.4) is 0 Å². The number of hydrazine groups is 1. The number of hydrogen-bond acceptors (Lipinski definition) is 7. The average molecular weight is 216 g/mol. The summed E-state index contributed by atoms with van der Waals surface area (Å²) in [4.78, 5) is 7.57. The van der Waals surface area contributed by atoms with E-state index in [2.05, 4.69) is 20.7 Å². The molecule has 6 N–H and O–H groups in total. The van der Waals surface area contributed by atoms with Gasteiger partial charge in [0, 0.05) is 7.11 Å². The summed E-state index contributed by atoms with van der Waals surface area (Å²) in [6.07, 6.45) is 0.440. The van der Waals surface area contributed by atoms with Crippen LogP contribution in [0.2, 0.25) is 0 Å².